The van der Waals surface area contributed by atoms with Gasteiger partial charge in [0.15, 0.2) is 0 Å². The van der Waals surface area contributed by atoms with E-state index in [0.29, 0.717) is 25.2 Å². The molecule has 0 unspecified atom stereocenters. The monoisotopic (exact) mass is 328 g/mol. The summed E-state index contributed by atoms with van der Waals surface area (Å²) < 4.78 is 39.9. The SMILES string of the molecule is C=CC(=O)N1CC[C@@H](C(=O)Nc2ccc(OC(F)(F)F)cc2)C1. The number of anilines is 1. The van der Waals surface area contributed by atoms with Gasteiger partial charge >= 0.3 is 6.36 Å². The van der Waals surface area contributed by atoms with Gasteiger partial charge in [0.05, 0.1) is 5.92 Å². The lowest BCUT2D eigenvalue weighted by molar-refractivity contribution is -0.274. The number of hydrogen-bond acceptors (Lipinski definition) is 3. The molecule has 1 N–H and O–H groups in total. The second kappa shape index (κ2) is 6.72. The van der Waals surface area contributed by atoms with Gasteiger partial charge in [-0.3, -0.25) is 9.59 Å². The quantitative estimate of drug-likeness (QED) is 0.864. The molecule has 2 amide bonds. The zero-order valence-electron chi connectivity index (χ0n) is 12.1. The third-order valence-corrected chi connectivity index (χ3v) is 3.40. The minimum atomic E-state index is -4.75. The molecule has 23 heavy (non-hydrogen) atoms. The van der Waals surface area contributed by atoms with E-state index in [1.807, 2.05) is 0 Å². The van der Waals surface area contributed by atoms with Crippen LogP contribution in [0.15, 0.2) is 36.9 Å². The molecule has 8 heteroatoms. The van der Waals surface area contributed by atoms with Crippen LogP contribution in [0.3, 0.4) is 0 Å². The molecule has 1 aliphatic rings. The standard InChI is InChI=1S/C15H15F3N2O3/c1-2-13(21)20-8-7-10(9-20)14(22)19-11-3-5-12(6-4-11)23-15(16,17)18/h2-6,10H,1,7-9H2,(H,19,22)/t10-/m1/s1. The highest BCUT2D eigenvalue weighted by Gasteiger charge is 2.31. The maximum absolute atomic E-state index is 12.1. The van der Waals surface area contributed by atoms with Crippen molar-refractivity contribution in [1.82, 2.24) is 4.90 Å². The molecule has 0 aliphatic carbocycles. The van der Waals surface area contributed by atoms with E-state index < -0.39 is 6.36 Å². The van der Waals surface area contributed by atoms with Gasteiger partial charge in [0.25, 0.3) is 0 Å². The molecule has 0 aromatic heterocycles. The first-order chi connectivity index (χ1) is 10.8. The molecule has 0 spiro atoms. The van der Waals surface area contributed by atoms with Gasteiger partial charge in [0.2, 0.25) is 11.8 Å². The predicted octanol–water partition coefficient (Wildman–Crippen LogP) is 2.56. The highest BCUT2D eigenvalue weighted by molar-refractivity contribution is 5.94. The van der Waals surface area contributed by atoms with Crippen LogP contribution in [0.5, 0.6) is 5.75 Å². The van der Waals surface area contributed by atoms with Gasteiger partial charge in [-0.25, -0.2) is 0 Å². The van der Waals surface area contributed by atoms with Crippen molar-refractivity contribution in [2.24, 2.45) is 5.92 Å². The second-order valence-corrected chi connectivity index (χ2v) is 5.04. The van der Waals surface area contributed by atoms with E-state index in [4.69, 9.17) is 0 Å². The summed E-state index contributed by atoms with van der Waals surface area (Å²) in [6.45, 7) is 4.16. The van der Waals surface area contributed by atoms with Crippen LogP contribution in [-0.2, 0) is 9.59 Å². The van der Waals surface area contributed by atoms with Gasteiger partial charge in [-0.15, -0.1) is 13.2 Å². The lowest BCUT2D eigenvalue weighted by atomic mass is 10.1. The Bertz CT molecular complexity index is 599. The molecule has 0 radical (unpaired) electrons. The van der Waals surface area contributed by atoms with Crippen LogP contribution in [0.25, 0.3) is 0 Å². The molecule has 1 fully saturated rings. The molecule has 1 saturated heterocycles. The van der Waals surface area contributed by atoms with Crippen molar-refractivity contribution in [2.75, 3.05) is 18.4 Å². The minimum Gasteiger partial charge on any atom is -0.406 e. The Kier molecular flexibility index (Phi) is 4.92. The lowest BCUT2D eigenvalue weighted by Gasteiger charge is -2.14. The van der Waals surface area contributed by atoms with Crippen LogP contribution in [0.2, 0.25) is 0 Å². The van der Waals surface area contributed by atoms with E-state index in [2.05, 4.69) is 16.6 Å². The summed E-state index contributed by atoms with van der Waals surface area (Å²) >= 11 is 0. The number of ether oxygens (including phenoxy) is 1. The molecule has 5 nitrogen and oxygen atoms in total. The first-order valence-corrected chi connectivity index (χ1v) is 6.86. The molecular formula is C15H15F3N2O3. The fourth-order valence-electron chi connectivity index (χ4n) is 2.29. The van der Waals surface area contributed by atoms with Crippen molar-refractivity contribution in [3.63, 3.8) is 0 Å². The number of nitrogens with one attached hydrogen (secondary N) is 1. The van der Waals surface area contributed by atoms with E-state index in [9.17, 15) is 22.8 Å². The molecule has 1 aliphatic heterocycles. The van der Waals surface area contributed by atoms with Gasteiger partial charge in [-0.2, -0.15) is 0 Å². The fourth-order valence-corrected chi connectivity index (χ4v) is 2.29. The Morgan fingerprint density at radius 2 is 1.96 bits per heavy atom. The Hall–Kier alpha value is -2.51. The van der Waals surface area contributed by atoms with Crippen molar-refractivity contribution in [2.45, 2.75) is 12.8 Å². The number of alkyl halides is 3. The number of benzene rings is 1. The van der Waals surface area contributed by atoms with E-state index >= 15 is 0 Å². The number of carbonyl (C=O) groups excluding carboxylic acids is 2. The van der Waals surface area contributed by atoms with Crippen LogP contribution < -0.4 is 10.1 Å². The van der Waals surface area contributed by atoms with E-state index in [0.717, 1.165) is 12.1 Å². The first kappa shape index (κ1) is 16.9. The molecule has 0 bridgehead atoms. The summed E-state index contributed by atoms with van der Waals surface area (Å²) in [5, 5.41) is 2.61. The zero-order chi connectivity index (χ0) is 17.0. The molecule has 1 aromatic carbocycles. The topological polar surface area (TPSA) is 58.6 Å². The van der Waals surface area contributed by atoms with Crippen molar-refractivity contribution in [3.8, 4) is 5.75 Å². The minimum absolute atomic E-state index is 0.228. The van der Waals surface area contributed by atoms with Gasteiger partial charge in [-0.1, -0.05) is 6.58 Å². The average Bonchev–Trinajstić information content (AvgIpc) is 2.97. The molecule has 0 saturated carbocycles. The molecule has 2 rings (SSSR count). The van der Waals surface area contributed by atoms with Gasteiger partial charge < -0.3 is 15.0 Å². The summed E-state index contributed by atoms with van der Waals surface area (Å²) in [7, 11) is 0. The summed E-state index contributed by atoms with van der Waals surface area (Å²) in [4.78, 5) is 25.1. The maximum Gasteiger partial charge on any atom is 0.573 e. The Balaban J connectivity index is 1.91. The number of amides is 2. The van der Waals surface area contributed by atoms with Crippen LogP contribution >= 0.6 is 0 Å². The smallest absolute Gasteiger partial charge is 0.406 e. The number of carbonyl (C=O) groups is 2. The molecule has 124 valence electrons. The number of hydrogen-bond donors (Lipinski definition) is 1. The highest BCUT2D eigenvalue weighted by atomic mass is 19.4. The third-order valence-electron chi connectivity index (χ3n) is 3.40. The summed E-state index contributed by atoms with van der Waals surface area (Å²) in [5.41, 5.74) is 0.359. The Morgan fingerprint density at radius 3 is 2.52 bits per heavy atom. The van der Waals surface area contributed by atoms with Crippen LogP contribution in [0.1, 0.15) is 6.42 Å². The predicted molar refractivity (Wildman–Crippen MR) is 76.6 cm³/mol. The van der Waals surface area contributed by atoms with E-state index in [-0.39, 0.29) is 23.5 Å². The van der Waals surface area contributed by atoms with E-state index in [1.54, 1.807) is 0 Å². The Labute approximate surface area is 130 Å². The van der Waals surface area contributed by atoms with Crippen molar-refractivity contribution < 1.29 is 27.5 Å². The Morgan fingerprint density at radius 1 is 1.30 bits per heavy atom. The number of halogens is 3. The maximum atomic E-state index is 12.1. The van der Waals surface area contributed by atoms with Crippen molar-refractivity contribution in [3.05, 3.63) is 36.9 Å². The molecule has 1 atom stereocenters. The second-order valence-electron chi connectivity index (χ2n) is 5.04. The normalized spacial score (nSPS) is 17.7. The summed E-state index contributed by atoms with van der Waals surface area (Å²) in [5.74, 6) is -1.23. The number of nitrogens with zero attached hydrogens (tertiary/aromatic N) is 1. The van der Waals surface area contributed by atoms with Gasteiger partial charge in [0, 0.05) is 18.8 Å². The largest absolute Gasteiger partial charge is 0.573 e. The van der Waals surface area contributed by atoms with Gasteiger partial charge in [-0.05, 0) is 36.8 Å². The average molecular weight is 328 g/mol. The summed E-state index contributed by atoms with van der Waals surface area (Å²) in [6, 6.07) is 4.87. The first-order valence-electron chi connectivity index (χ1n) is 6.86. The molecule has 1 heterocycles. The van der Waals surface area contributed by atoms with Crippen LogP contribution in [-0.4, -0.2) is 36.2 Å². The number of likely N-dealkylation sites (tertiary alicyclic amines) is 1. The van der Waals surface area contributed by atoms with E-state index in [1.165, 1.54) is 23.1 Å². The van der Waals surface area contributed by atoms with Crippen molar-refractivity contribution >= 4 is 17.5 Å². The highest BCUT2D eigenvalue weighted by Crippen LogP contribution is 2.25. The lowest BCUT2D eigenvalue weighted by Crippen LogP contribution is -2.30. The summed E-state index contributed by atoms with van der Waals surface area (Å²) in [6.07, 6.45) is -3.03. The van der Waals surface area contributed by atoms with Gasteiger partial charge in [0.1, 0.15) is 5.75 Å². The fraction of sp³-hybridized carbons (Fsp3) is 0.333. The van der Waals surface area contributed by atoms with Crippen molar-refractivity contribution in [1.29, 1.82) is 0 Å². The molecular weight excluding hydrogens is 313 g/mol. The number of rotatable bonds is 4. The van der Waals surface area contributed by atoms with Crippen LogP contribution in [0.4, 0.5) is 18.9 Å². The molecule has 1 aromatic rings. The third kappa shape index (κ3) is 4.73. The zero-order valence-corrected chi connectivity index (χ0v) is 12.1. The van der Waals surface area contributed by atoms with Crippen LogP contribution in [0, 0.1) is 5.92 Å².